The molecule has 0 aliphatic carbocycles. The Morgan fingerprint density at radius 1 is 0.462 bits per heavy atom. The lowest BCUT2D eigenvalue weighted by molar-refractivity contribution is -0.132. The predicted octanol–water partition coefficient (Wildman–Crippen LogP) is 12.0. The highest BCUT2D eigenvalue weighted by Crippen LogP contribution is 2.15. The van der Waals surface area contributed by atoms with Crippen molar-refractivity contribution in [1.82, 2.24) is 5.32 Å². The van der Waals surface area contributed by atoms with Crippen LogP contribution >= 0.6 is 0 Å². The molecule has 52 heavy (non-hydrogen) atoms. The lowest BCUT2D eigenvalue weighted by Crippen LogP contribution is -2.53. The van der Waals surface area contributed by atoms with Crippen LogP contribution in [0.4, 0.5) is 0 Å². The first-order valence-corrected chi connectivity index (χ1v) is 22.7. The largest absolute Gasteiger partial charge is 0.394 e. The van der Waals surface area contributed by atoms with Crippen LogP contribution in [-0.2, 0) is 4.79 Å². The van der Waals surface area contributed by atoms with E-state index in [1.165, 1.54) is 161 Å². The van der Waals surface area contributed by atoms with Gasteiger partial charge >= 0.3 is 0 Å². The fraction of sp³-hybridized carbons (Fsp3) is 0.891. The number of hydrogen-bond acceptors (Lipinski definition) is 5. The number of nitrogens with one attached hydrogen (secondary N) is 1. The van der Waals surface area contributed by atoms with E-state index in [1.807, 2.05) is 0 Å². The maximum Gasteiger partial charge on any atom is 0.249 e. The zero-order valence-corrected chi connectivity index (χ0v) is 34.6. The minimum Gasteiger partial charge on any atom is -0.394 e. The van der Waals surface area contributed by atoms with Gasteiger partial charge in [-0.1, -0.05) is 192 Å². The third-order valence-corrected chi connectivity index (χ3v) is 10.6. The highest BCUT2D eigenvalue weighted by molar-refractivity contribution is 5.80. The van der Waals surface area contributed by atoms with Crippen molar-refractivity contribution in [3.05, 3.63) is 24.3 Å². The summed E-state index contributed by atoms with van der Waals surface area (Å²) >= 11 is 0. The first-order valence-electron chi connectivity index (χ1n) is 22.7. The van der Waals surface area contributed by atoms with Crippen molar-refractivity contribution in [2.75, 3.05) is 6.61 Å². The molecule has 0 aliphatic rings. The number of rotatable bonds is 41. The van der Waals surface area contributed by atoms with Crippen molar-refractivity contribution in [2.24, 2.45) is 0 Å². The van der Waals surface area contributed by atoms with Crippen LogP contribution in [0, 0.1) is 0 Å². The second-order valence-corrected chi connectivity index (χ2v) is 15.7. The summed E-state index contributed by atoms with van der Waals surface area (Å²) in [6, 6.07) is -1.00. The molecule has 0 spiro atoms. The molecule has 0 fully saturated rings. The summed E-state index contributed by atoms with van der Waals surface area (Å²) in [5, 5.41) is 43.7. The Bertz CT molecular complexity index is 787. The summed E-state index contributed by atoms with van der Waals surface area (Å²) in [5.74, 6) is -0.597. The highest BCUT2D eigenvalue weighted by atomic mass is 16.3. The molecular formula is C46H89NO5. The molecule has 6 heteroatoms. The Morgan fingerprint density at radius 3 is 1.15 bits per heavy atom. The van der Waals surface area contributed by atoms with E-state index in [2.05, 4.69) is 43.5 Å². The van der Waals surface area contributed by atoms with Crippen molar-refractivity contribution in [1.29, 1.82) is 0 Å². The van der Waals surface area contributed by atoms with E-state index < -0.39 is 36.9 Å². The molecule has 4 unspecified atom stereocenters. The second-order valence-electron chi connectivity index (χ2n) is 15.7. The van der Waals surface area contributed by atoms with Gasteiger partial charge in [0.1, 0.15) is 12.2 Å². The maximum absolute atomic E-state index is 12.5. The van der Waals surface area contributed by atoms with Crippen LogP contribution in [0.3, 0.4) is 0 Å². The van der Waals surface area contributed by atoms with Gasteiger partial charge in [0, 0.05) is 0 Å². The predicted molar refractivity (Wildman–Crippen MR) is 224 cm³/mol. The van der Waals surface area contributed by atoms with E-state index in [9.17, 15) is 25.2 Å². The van der Waals surface area contributed by atoms with Gasteiger partial charge in [-0.3, -0.25) is 4.79 Å². The van der Waals surface area contributed by atoms with Crippen LogP contribution in [0.1, 0.15) is 232 Å². The van der Waals surface area contributed by atoms with E-state index in [4.69, 9.17) is 0 Å². The summed E-state index contributed by atoms with van der Waals surface area (Å²) in [6.45, 7) is 4.04. The molecule has 0 saturated carbocycles. The van der Waals surface area contributed by atoms with E-state index in [1.54, 1.807) is 0 Å². The Hall–Kier alpha value is -1.21. The number of hydrogen-bond donors (Lipinski definition) is 5. The summed E-state index contributed by atoms with van der Waals surface area (Å²) in [5.41, 5.74) is 0. The second kappa shape index (κ2) is 41.0. The van der Waals surface area contributed by atoms with Crippen LogP contribution in [0.2, 0.25) is 0 Å². The molecule has 0 saturated heterocycles. The summed E-state index contributed by atoms with van der Waals surface area (Å²) in [6.07, 6.45) is 46.4. The SMILES string of the molecule is CCCCCCCCCCCC/C=C/CCCC(O)C(O)C(CO)NC(=O)C(O)CCCCCCCC/C=C\CCCCCCCCCCCCC. The quantitative estimate of drug-likeness (QED) is 0.0317. The van der Waals surface area contributed by atoms with E-state index in [-0.39, 0.29) is 0 Å². The number of aliphatic hydroxyl groups is 4. The van der Waals surface area contributed by atoms with Crippen molar-refractivity contribution in [3.63, 3.8) is 0 Å². The number of allylic oxidation sites excluding steroid dienone is 4. The fourth-order valence-corrected chi connectivity index (χ4v) is 6.99. The van der Waals surface area contributed by atoms with Gasteiger partial charge in [-0.05, 0) is 64.2 Å². The first kappa shape index (κ1) is 50.8. The molecular weight excluding hydrogens is 647 g/mol. The van der Waals surface area contributed by atoms with Gasteiger partial charge in [0.15, 0.2) is 0 Å². The summed E-state index contributed by atoms with van der Waals surface area (Å²) in [7, 11) is 0. The lowest BCUT2D eigenvalue weighted by atomic mass is 10.00. The molecule has 0 radical (unpaired) electrons. The number of carbonyl (C=O) groups excluding carboxylic acids is 1. The van der Waals surface area contributed by atoms with Gasteiger partial charge in [0.2, 0.25) is 5.91 Å². The maximum atomic E-state index is 12.5. The number of unbranched alkanes of at least 4 members (excludes halogenated alkanes) is 28. The minimum absolute atomic E-state index is 0.357. The minimum atomic E-state index is -1.28. The van der Waals surface area contributed by atoms with Crippen LogP contribution in [0.25, 0.3) is 0 Å². The molecule has 0 heterocycles. The van der Waals surface area contributed by atoms with Crippen molar-refractivity contribution in [2.45, 2.75) is 257 Å². The van der Waals surface area contributed by atoms with Crippen LogP contribution < -0.4 is 5.32 Å². The number of aliphatic hydroxyl groups excluding tert-OH is 4. The molecule has 0 aromatic rings. The third kappa shape index (κ3) is 34.6. The average molecular weight is 736 g/mol. The van der Waals surface area contributed by atoms with E-state index >= 15 is 0 Å². The molecule has 4 atom stereocenters. The smallest absolute Gasteiger partial charge is 0.249 e. The van der Waals surface area contributed by atoms with Gasteiger partial charge in [0.25, 0.3) is 0 Å². The topological polar surface area (TPSA) is 110 Å². The number of amides is 1. The van der Waals surface area contributed by atoms with Crippen molar-refractivity contribution >= 4 is 5.91 Å². The Labute approximate surface area is 323 Å². The van der Waals surface area contributed by atoms with Gasteiger partial charge in [-0.2, -0.15) is 0 Å². The molecule has 0 aliphatic heterocycles. The normalized spacial score (nSPS) is 14.3. The molecule has 0 rings (SSSR count). The van der Waals surface area contributed by atoms with E-state index in [0.29, 0.717) is 12.8 Å². The van der Waals surface area contributed by atoms with Crippen LogP contribution in [0.5, 0.6) is 0 Å². The monoisotopic (exact) mass is 736 g/mol. The molecule has 0 bridgehead atoms. The van der Waals surface area contributed by atoms with Crippen LogP contribution in [0.15, 0.2) is 24.3 Å². The highest BCUT2D eigenvalue weighted by Gasteiger charge is 2.28. The van der Waals surface area contributed by atoms with Gasteiger partial charge in [0.05, 0.1) is 18.8 Å². The van der Waals surface area contributed by atoms with Crippen molar-refractivity contribution < 1.29 is 25.2 Å². The standard InChI is InChI=1S/C46H89NO5/c1-3-5-7-9-11-13-15-17-19-20-21-22-23-24-26-28-30-32-34-36-38-40-44(50)46(52)47-42(41-48)45(51)43(49)39-37-35-33-31-29-27-25-18-16-14-12-10-8-6-4-2/h23-24,31,33,42-45,48-51H,3-22,25-30,32,34-41H2,1-2H3,(H,47,52)/b24-23-,33-31+. The lowest BCUT2D eigenvalue weighted by Gasteiger charge is -2.27. The molecule has 1 amide bonds. The zero-order chi connectivity index (χ0) is 38.2. The molecule has 308 valence electrons. The Balaban J connectivity index is 3.75. The summed E-state index contributed by atoms with van der Waals surface area (Å²) in [4.78, 5) is 12.5. The summed E-state index contributed by atoms with van der Waals surface area (Å²) < 4.78 is 0. The average Bonchev–Trinajstić information content (AvgIpc) is 3.15. The molecule has 6 nitrogen and oxygen atoms in total. The van der Waals surface area contributed by atoms with E-state index in [0.717, 1.165) is 44.9 Å². The third-order valence-electron chi connectivity index (χ3n) is 10.6. The fourth-order valence-electron chi connectivity index (χ4n) is 6.99. The molecule has 5 N–H and O–H groups in total. The molecule has 0 aromatic carbocycles. The van der Waals surface area contributed by atoms with Gasteiger partial charge in [-0.25, -0.2) is 0 Å². The molecule has 0 aromatic heterocycles. The van der Waals surface area contributed by atoms with Gasteiger partial charge in [-0.15, -0.1) is 0 Å². The Morgan fingerprint density at radius 2 is 0.788 bits per heavy atom. The first-order chi connectivity index (χ1) is 25.5. The Kier molecular flexibility index (Phi) is 40.0. The van der Waals surface area contributed by atoms with Crippen LogP contribution in [-0.4, -0.2) is 57.3 Å². The zero-order valence-electron chi connectivity index (χ0n) is 34.6. The number of carbonyl (C=O) groups is 1. The van der Waals surface area contributed by atoms with Crippen molar-refractivity contribution in [3.8, 4) is 0 Å². The van der Waals surface area contributed by atoms with Gasteiger partial charge < -0.3 is 25.7 Å².